The summed E-state index contributed by atoms with van der Waals surface area (Å²) in [4.78, 5) is 16.7. The first-order valence-corrected chi connectivity index (χ1v) is 5.63. The van der Waals surface area contributed by atoms with Crippen molar-refractivity contribution in [1.82, 2.24) is 9.88 Å². The van der Waals surface area contributed by atoms with Gasteiger partial charge in [0.25, 0.3) is 5.91 Å². The van der Waals surface area contributed by atoms with Crippen LogP contribution in [0, 0.1) is 11.3 Å². The summed E-state index contributed by atoms with van der Waals surface area (Å²) in [6, 6.07) is 3.57. The molecule has 0 radical (unpaired) electrons. The number of H-pyrrole nitrogens is 1. The average Bonchev–Trinajstić information content (AvgIpc) is 2.75. The molecule has 1 fully saturated rings. The molecule has 2 rings (SSSR count). The zero-order valence-corrected chi connectivity index (χ0v) is 9.93. The van der Waals surface area contributed by atoms with Crippen LogP contribution >= 0.6 is 0 Å². The number of nitrogens with zero attached hydrogens (tertiary/aromatic N) is 2. The highest BCUT2D eigenvalue weighted by atomic mass is 16.5. The molecule has 90 valence electrons. The SMILES string of the molecule is C[C@@H]1CN(C(=O)c2cc(C#N)c[nH]2)C[C@H](C)O1. The van der Waals surface area contributed by atoms with Crippen molar-refractivity contribution in [2.75, 3.05) is 13.1 Å². The second kappa shape index (κ2) is 4.60. The van der Waals surface area contributed by atoms with Crippen LogP contribution in [0.2, 0.25) is 0 Å². The summed E-state index contributed by atoms with van der Waals surface area (Å²) in [7, 11) is 0. The quantitative estimate of drug-likeness (QED) is 0.790. The van der Waals surface area contributed by atoms with Crippen LogP contribution in [0.3, 0.4) is 0 Å². The molecular weight excluding hydrogens is 218 g/mol. The van der Waals surface area contributed by atoms with E-state index in [4.69, 9.17) is 10.00 Å². The molecular formula is C12H15N3O2. The molecule has 0 aliphatic carbocycles. The number of amides is 1. The first kappa shape index (κ1) is 11.7. The van der Waals surface area contributed by atoms with Crippen molar-refractivity contribution in [3.63, 3.8) is 0 Å². The van der Waals surface area contributed by atoms with E-state index in [-0.39, 0.29) is 18.1 Å². The minimum Gasteiger partial charge on any atom is -0.372 e. The van der Waals surface area contributed by atoms with E-state index < -0.39 is 0 Å². The van der Waals surface area contributed by atoms with Crippen molar-refractivity contribution in [3.8, 4) is 6.07 Å². The lowest BCUT2D eigenvalue weighted by Crippen LogP contribution is -2.48. The molecule has 1 aromatic rings. The summed E-state index contributed by atoms with van der Waals surface area (Å²) in [5.74, 6) is -0.0755. The Morgan fingerprint density at radius 1 is 1.53 bits per heavy atom. The molecule has 5 heteroatoms. The van der Waals surface area contributed by atoms with Gasteiger partial charge in [-0.25, -0.2) is 0 Å². The number of hydrogen-bond donors (Lipinski definition) is 1. The van der Waals surface area contributed by atoms with Crippen LogP contribution < -0.4 is 0 Å². The van der Waals surface area contributed by atoms with E-state index in [1.54, 1.807) is 17.2 Å². The Kier molecular flexibility index (Phi) is 3.16. The maximum Gasteiger partial charge on any atom is 0.270 e. The summed E-state index contributed by atoms with van der Waals surface area (Å²) in [6.07, 6.45) is 1.64. The highest BCUT2D eigenvalue weighted by molar-refractivity contribution is 5.93. The van der Waals surface area contributed by atoms with E-state index in [1.165, 1.54) is 0 Å². The summed E-state index contributed by atoms with van der Waals surface area (Å²) in [5.41, 5.74) is 0.936. The molecule has 1 N–H and O–H groups in total. The van der Waals surface area contributed by atoms with Crippen LogP contribution in [0.5, 0.6) is 0 Å². The predicted octanol–water partition coefficient (Wildman–Crippen LogP) is 1.14. The molecule has 1 aromatic heterocycles. The molecule has 1 aliphatic rings. The second-order valence-corrected chi connectivity index (χ2v) is 4.38. The maximum atomic E-state index is 12.1. The number of nitriles is 1. The summed E-state index contributed by atoms with van der Waals surface area (Å²) in [6.45, 7) is 5.07. The molecule has 0 saturated carbocycles. The third-order valence-electron chi connectivity index (χ3n) is 2.75. The van der Waals surface area contributed by atoms with Gasteiger partial charge < -0.3 is 14.6 Å². The normalized spacial score (nSPS) is 24.4. The zero-order valence-electron chi connectivity index (χ0n) is 9.93. The van der Waals surface area contributed by atoms with Gasteiger partial charge in [0, 0.05) is 19.3 Å². The van der Waals surface area contributed by atoms with E-state index in [9.17, 15) is 4.79 Å². The molecule has 0 spiro atoms. The van der Waals surface area contributed by atoms with Crippen molar-refractivity contribution in [2.45, 2.75) is 26.1 Å². The summed E-state index contributed by atoms with van der Waals surface area (Å²) < 4.78 is 5.57. The largest absolute Gasteiger partial charge is 0.372 e. The minimum atomic E-state index is -0.0755. The Labute approximate surface area is 100.0 Å². The van der Waals surface area contributed by atoms with Gasteiger partial charge in [0.15, 0.2) is 0 Å². The standard InChI is InChI=1S/C12H15N3O2/c1-8-6-15(7-9(2)17-8)12(16)11-3-10(4-13)5-14-11/h3,5,8-9,14H,6-7H2,1-2H3/t8-,9+. The first-order valence-electron chi connectivity index (χ1n) is 5.63. The van der Waals surface area contributed by atoms with Crippen molar-refractivity contribution in [1.29, 1.82) is 5.26 Å². The summed E-state index contributed by atoms with van der Waals surface area (Å²) >= 11 is 0. The number of hydrogen-bond acceptors (Lipinski definition) is 3. The Bertz CT molecular complexity index is 451. The van der Waals surface area contributed by atoms with Gasteiger partial charge in [0.1, 0.15) is 11.8 Å². The molecule has 0 aromatic carbocycles. The lowest BCUT2D eigenvalue weighted by Gasteiger charge is -2.35. The van der Waals surface area contributed by atoms with Gasteiger partial charge in [-0.1, -0.05) is 0 Å². The Morgan fingerprint density at radius 3 is 2.71 bits per heavy atom. The van der Waals surface area contributed by atoms with Gasteiger partial charge in [-0.2, -0.15) is 5.26 Å². The average molecular weight is 233 g/mol. The fraction of sp³-hybridized carbons (Fsp3) is 0.500. The van der Waals surface area contributed by atoms with E-state index in [0.29, 0.717) is 24.3 Å². The molecule has 1 saturated heterocycles. The Hall–Kier alpha value is -1.80. The van der Waals surface area contributed by atoms with Gasteiger partial charge in [0.05, 0.1) is 17.8 Å². The monoisotopic (exact) mass is 233 g/mol. The van der Waals surface area contributed by atoms with Crippen molar-refractivity contribution in [3.05, 3.63) is 23.5 Å². The van der Waals surface area contributed by atoms with Crippen molar-refractivity contribution >= 4 is 5.91 Å². The molecule has 2 heterocycles. The number of nitrogens with one attached hydrogen (secondary N) is 1. The van der Waals surface area contributed by atoms with Crippen LogP contribution in [0.1, 0.15) is 29.9 Å². The van der Waals surface area contributed by atoms with Gasteiger partial charge in [-0.05, 0) is 19.9 Å². The smallest absolute Gasteiger partial charge is 0.270 e. The van der Waals surface area contributed by atoms with Crippen LogP contribution in [0.15, 0.2) is 12.3 Å². The highest BCUT2D eigenvalue weighted by Crippen LogP contribution is 2.14. The molecule has 5 nitrogen and oxygen atoms in total. The Balaban J connectivity index is 2.12. The van der Waals surface area contributed by atoms with Gasteiger partial charge in [-0.15, -0.1) is 0 Å². The molecule has 17 heavy (non-hydrogen) atoms. The number of ether oxygens (including phenoxy) is 1. The van der Waals surface area contributed by atoms with Gasteiger partial charge in [-0.3, -0.25) is 4.79 Å². The Morgan fingerprint density at radius 2 is 2.18 bits per heavy atom. The number of rotatable bonds is 1. The topological polar surface area (TPSA) is 69.1 Å². The van der Waals surface area contributed by atoms with E-state index in [0.717, 1.165) is 0 Å². The molecule has 0 unspecified atom stereocenters. The van der Waals surface area contributed by atoms with E-state index in [1.807, 2.05) is 19.9 Å². The van der Waals surface area contributed by atoms with Crippen molar-refractivity contribution in [2.24, 2.45) is 0 Å². The molecule has 1 aliphatic heterocycles. The lowest BCUT2D eigenvalue weighted by molar-refractivity contribution is -0.0587. The lowest BCUT2D eigenvalue weighted by atomic mass is 10.2. The van der Waals surface area contributed by atoms with Crippen LogP contribution in [0.4, 0.5) is 0 Å². The maximum absolute atomic E-state index is 12.1. The summed E-state index contributed by atoms with van der Waals surface area (Å²) in [5, 5.41) is 8.71. The third kappa shape index (κ3) is 2.48. The predicted molar refractivity (Wildman–Crippen MR) is 61.4 cm³/mol. The highest BCUT2D eigenvalue weighted by Gasteiger charge is 2.27. The van der Waals surface area contributed by atoms with Gasteiger partial charge >= 0.3 is 0 Å². The molecule has 2 atom stereocenters. The third-order valence-corrected chi connectivity index (χ3v) is 2.75. The van der Waals surface area contributed by atoms with Crippen molar-refractivity contribution < 1.29 is 9.53 Å². The van der Waals surface area contributed by atoms with Crippen LogP contribution in [0.25, 0.3) is 0 Å². The number of aromatic nitrogens is 1. The van der Waals surface area contributed by atoms with E-state index in [2.05, 4.69) is 4.98 Å². The van der Waals surface area contributed by atoms with E-state index >= 15 is 0 Å². The first-order chi connectivity index (χ1) is 8.10. The fourth-order valence-corrected chi connectivity index (χ4v) is 2.10. The number of morpholine rings is 1. The zero-order chi connectivity index (χ0) is 12.4. The number of carbonyl (C=O) groups excluding carboxylic acids is 1. The molecule has 0 bridgehead atoms. The fourth-order valence-electron chi connectivity index (χ4n) is 2.10. The molecule has 1 amide bonds. The number of carbonyl (C=O) groups is 1. The van der Waals surface area contributed by atoms with Crippen LogP contribution in [-0.4, -0.2) is 41.1 Å². The van der Waals surface area contributed by atoms with Gasteiger partial charge in [0.2, 0.25) is 0 Å². The van der Waals surface area contributed by atoms with Crippen LogP contribution in [-0.2, 0) is 4.74 Å². The second-order valence-electron chi connectivity index (χ2n) is 4.38. The minimum absolute atomic E-state index is 0.0492. The number of aromatic amines is 1.